The van der Waals surface area contributed by atoms with Crippen LogP contribution in [-0.4, -0.2) is 6.54 Å². The monoisotopic (exact) mass is 203 g/mol. The Hall–Kier alpha value is -1.08. The minimum Gasteiger partial charge on any atom is -0.330 e. The standard InChI is InChI=1S/C14H21N/c1-11(8-9-15)12-6-5-7-13(10-12)14(2,3)4/h5-7,10H,1,8-9,15H2,2-4H3. The second-order valence-corrected chi connectivity index (χ2v) is 4.97. The van der Waals surface area contributed by atoms with Crippen LogP contribution >= 0.6 is 0 Å². The summed E-state index contributed by atoms with van der Waals surface area (Å²) in [5.41, 5.74) is 9.41. The first-order valence-corrected chi connectivity index (χ1v) is 5.44. The molecule has 0 aliphatic heterocycles. The van der Waals surface area contributed by atoms with Gasteiger partial charge in [0.1, 0.15) is 0 Å². The lowest BCUT2D eigenvalue weighted by molar-refractivity contribution is 0.590. The molecule has 0 bridgehead atoms. The van der Waals surface area contributed by atoms with Crippen LogP contribution in [0.5, 0.6) is 0 Å². The molecule has 1 heteroatoms. The summed E-state index contributed by atoms with van der Waals surface area (Å²) in [6.07, 6.45) is 0.869. The van der Waals surface area contributed by atoms with Gasteiger partial charge in [0.15, 0.2) is 0 Å². The van der Waals surface area contributed by atoms with Crippen molar-refractivity contribution < 1.29 is 0 Å². The molecule has 0 fully saturated rings. The summed E-state index contributed by atoms with van der Waals surface area (Å²) in [6.45, 7) is 11.4. The maximum absolute atomic E-state index is 5.53. The molecule has 0 radical (unpaired) electrons. The van der Waals surface area contributed by atoms with Crippen molar-refractivity contribution in [1.29, 1.82) is 0 Å². The van der Waals surface area contributed by atoms with Crippen LogP contribution in [0.3, 0.4) is 0 Å². The predicted molar refractivity (Wildman–Crippen MR) is 67.8 cm³/mol. The molecule has 0 aliphatic carbocycles. The maximum Gasteiger partial charge on any atom is -0.00367 e. The summed E-state index contributed by atoms with van der Waals surface area (Å²) >= 11 is 0. The molecule has 0 saturated carbocycles. The zero-order valence-corrected chi connectivity index (χ0v) is 10.0. The van der Waals surface area contributed by atoms with Crippen molar-refractivity contribution in [3.05, 3.63) is 42.0 Å². The van der Waals surface area contributed by atoms with E-state index in [0.29, 0.717) is 6.54 Å². The van der Waals surface area contributed by atoms with Crippen LogP contribution < -0.4 is 5.73 Å². The molecule has 0 atom stereocenters. The number of hydrogen-bond acceptors (Lipinski definition) is 1. The second kappa shape index (κ2) is 4.63. The molecule has 82 valence electrons. The van der Waals surface area contributed by atoms with Crippen molar-refractivity contribution >= 4 is 5.57 Å². The first-order valence-electron chi connectivity index (χ1n) is 5.44. The van der Waals surface area contributed by atoms with E-state index in [2.05, 4.69) is 51.6 Å². The van der Waals surface area contributed by atoms with Gasteiger partial charge in [0.2, 0.25) is 0 Å². The zero-order chi connectivity index (χ0) is 11.5. The normalized spacial score (nSPS) is 11.5. The summed E-state index contributed by atoms with van der Waals surface area (Å²) in [5.74, 6) is 0. The zero-order valence-electron chi connectivity index (χ0n) is 10.0. The van der Waals surface area contributed by atoms with E-state index in [-0.39, 0.29) is 5.41 Å². The Bertz CT molecular complexity index is 345. The second-order valence-electron chi connectivity index (χ2n) is 4.97. The van der Waals surface area contributed by atoms with E-state index in [1.807, 2.05) is 0 Å². The third kappa shape index (κ3) is 3.21. The van der Waals surface area contributed by atoms with E-state index in [1.165, 1.54) is 11.1 Å². The topological polar surface area (TPSA) is 26.0 Å². The number of hydrogen-bond donors (Lipinski definition) is 1. The van der Waals surface area contributed by atoms with E-state index in [1.54, 1.807) is 0 Å². The van der Waals surface area contributed by atoms with E-state index in [9.17, 15) is 0 Å². The molecule has 0 saturated heterocycles. The minimum atomic E-state index is 0.193. The maximum atomic E-state index is 5.53. The molecule has 0 spiro atoms. The van der Waals surface area contributed by atoms with Gasteiger partial charge in [-0.25, -0.2) is 0 Å². The van der Waals surface area contributed by atoms with Gasteiger partial charge >= 0.3 is 0 Å². The van der Waals surface area contributed by atoms with Gasteiger partial charge in [-0.2, -0.15) is 0 Å². The lowest BCUT2D eigenvalue weighted by Gasteiger charge is -2.20. The van der Waals surface area contributed by atoms with Crippen LogP contribution in [0.4, 0.5) is 0 Å². The van der Waals surface area contributed by atoms with Crippen molar-refractivity contribution in [1.82, 2.24) is 0 Å². The van der Waals surface area contributed by atoms with Gasteiger partial charge in [-0.1, -0.05) is 51.6 Å². The van der Waals surface area contributed by atoms with Gasteiger partial charge in [0.05, 0.1) is 0 Å². The van der Waals surface area contributed by atoms with Crippen LogP contribution in [0, 0.1) is 0 Å². The Balaban J connectivity index is 2.98. The number of rotatable bonds is 3. The molecule has 0 aromatic heterocycles. The van der Waals surface area contributed by atoms with Crippen molar-refractivity contribution in [2.45, 2.75) is 32.6 Å². The fraction of sp³-hybridized carbons (Fsp3) is 0.429. The Kier molecular flexibility index (Phi) is 3.70. The fourth-order valence-electron chi connectivity index (χ4n) is 1.52. The first kappa shape index (κ1) is 12.0. The fourth-order valence-corrected chi connectivity index (χ4v) is 1.52. The Morgan fingerprint density at radius 1 is 1.33 bits per heavy atom. The summed E-state index contributed by atoms with van der Waals surface area (Å²) in [5, 5.41) is 0. The predicted octanol–water partition coefficient (Wildman–Crippen LogP) is 3.35. The number of benzene rings is 1. The quantitative estimate of drug-likeness (QED) is 0.801. The molecule has 1 aromatic rings. The van der Waals surface area contributed by atoms with Crippen LogP contribution in [-0.2, 0) is 5.41 Å². The van der Waals surface area contributed by atoms with Gasteiger partial charge in [0.25, 0.3) is 0 Å². The van der Waals surface area contributed by atoms with Crippen LogP contribution in [0.25, 0.3) is 5.57 Å². The van der Waals surface area contributed by atoms with Crippen molar-refractivity contribution in [3.8, 4) is 0 Å². The van der Waals surface area contributed by atoms with Gasteiger partial charge in [-0.15, -0.1) is 0 Å². The highest BCUT2D eigenvalue weighted by atomic mass is 14.5. The van der Waals surface area contributed by atoms with Crippen LogP contribution in [0.1, 0.15) is 38.3 Å². The van der Waals surface area contributed by atoms with E-state index >= 15 is 0 Å². The highest BCUT2D eigenvalue weighted by Gasteiger charge is 2.13. The molecule has 0 aliphatic rings. The van der Waals surface area contributed by atoms with Gasteiger partial charge in [-0.3, -0.25) is 0 Å². The molecule has 2 N–H and O–H groups in total. The van der Waals surface area contributed by atoms with Gasteiger partial charge < -0.3 is 5.73 Å². The first-order chi connectivity index (χ1) is 6.95. The number of nitrogens with two attached hydrogens (primary N) is 1. The molecule has 0 heterocycles. The van der Waals surface area contributed by atoms with Crippen LogP contribution in [0.2, 0.25) is 0 Å². The van der Waals surface area contributed by atoms with E-state index in [4.69, 9.17) is 5.73 Å². The van der Waals surface area contributed by atoms with E-state index in [0.717, 1.165) is 12.0 Å². The molecule has 1 aromatic carbocycles. The molecule has 0 unspecified atom stereocenters. The Morgan fingerprint density at radius 2 is 2.00 bits per heavy atom. The summed E-state index contributed by atoms with van der Waals surface area (Å²) in [4.78, 5) is 0. The molecular formula is C14H21N. The summed E-state index contributed by atoms with van der Waals surface area (Å²) < 4.78 is 0. The third-order valence-corrected chi connectivity index (χ3v) is 2.58. The van der Waals surface area contributed by atoms with Crippen molar-refractivity contribution in [3.63, 3.8) is 0 Å². The summed E-state index contributed by atoms with van der Waals surface area (Å²) in [7, 11) is 0. The molecule has 1 nitrogen and oxygen atoms in total. The Labute approximate surface area is 93.0 Å². The van der Waals surface area contributed by atoms with Crippen LogP contribution in [0.15, 0.2) is 30.8 Å². The van der Waals surface area contributed by atoms with Gasteiger partial charge in [0, 0.05) is 0 Å². The average Bonchev–Trinajstić information content (AvgIpc) is 2.17. The highest BCUT2D eigenvalue weighted by molar-refractivity contribution is 5.64. The Morgan fingerprint density at radius 3 is 2.53 bits per heavy atom. The lowest BCUT2D eigenvalue weighted by Crippen LogP contribution is -2.11. The van der Waals surface area contributed by atoms with Gasteiger partial charge in [-0.05, 0) is 35.1 Å². The molecular weight excluding hydrogens is 182 g/mol. The van der Waals surface area contributed by atoms with Crippen molar-refractivity contribution in [2.75, 3.05) is 6.54 Å². The molecule has 1 rings (SSSR count). The minimum absolute atomic E-state index is 0.193. The summed E-state index contributed by atoms with van der Waals surface area (Å²) in [6, 6.07) is 8.59. The molecule has 15 heavy (non-hydrogen) atoms. The average molecular weight is 203 g/mol. The van der Waals surface area contributed by atoms with Crippen molar-refractivity contribution in [2.24, 2.45) is 5.73 Å². The third-order valence-electron chi connectivity index (χ3n) is 2.58. The largest absolute Gasteiger partial charge is 0.330 e. The lowest BCUT2D eigenvalue weighted by atomic mass is 9.85. The smallest absolute Gasteiger partial charge is 0.00367 e. The molecule has 0 amide bonds. The SMILES string of the molecule is C=C(CCN)c1cccc(C(C)(C)C)c1. The van der Waals surface area contributed by atoms with E-state index < -0.39 is 0 Å². The highest BCUT2D eigenvalue weighted by Crippen LogP contribution is 2.25.